The third-order valence-corrected chi connectivity index (χ3v) is 8.07. The lowest BCUT2D eigenvalue weighted by molar-refractivity contribution is 0.0942. The van der Waals surface area contributed by atoms with Crippen LogP contribution >= 0.6 is 23.1 Å². The molecule has 4 heterocycles. The third-order valence-electron chi connectivity index (χ3n) is 6.13. The van der Waals surface area contributed by atoms with Crippen molar-refractivity contribution in [1.29, 1.82) is 0 Å². The van der Waals surface area contributed by atoms with E-state index in [2.05, 4.69) is 63.2 Å². The van der Waals surface area contributed by atoms with Gasteiger partial charge in [-0.1, -0.05) is 49.9 Å². The van der Waals surface area contributed by atoms with E-state index in [1.54, 1.807) is 23.1 Å². The molecule has 1 aromatic carbocycles. The average molecular weight is 486 g/mol. The maximum atomic E-state index is 5.92. The molecule has 2 fully saturated rings. The molecule has 33 heavy (non-hydrogen) atoms. The predicted molar refractivity (Wildman–Crippen MR) is 133 cm³/mol. The smallest absolute Gasteiger partial charge is 0.228 e. The van der Waals surface area contributed by atoms with Crippen molar-refractivity contribution in [2.75, 3.05) is 37.8 Å². The summed E-state index contributed by atoms with van der Waals surface area (Å²) in [5.74, 6) is 2.24. The van der Waals surface area contributed by atoms with Gasteiger partial charge >= 0.3 is 0 Å². The van der Waals surface area contributed by atoms with E-state index in [0.29, 0.717) is 5.92 Å². The minimum atomic E-state index is 0.236. The van der Waals surface area contributed by atoms with Crippen LogP contribution in [0.2, 0.25) is 0 Å². The molecule has 0 N–H and O–H groups in total. The molecule has 2 saturated heterocycles. The maximum absolute atomic E-state index is 5.92. The first kappa shape index (κ1) is 22.8. The van der Waals surface area contributed by atoms with Gasteiger partial charge in [-0.2, -0.15) is 0 Å². The van der Waals surface area contributed by atoms with Gasteiger partial charge in [-0.3, -0.25) is 4.57 Å². The fraction of sp³-hybridized carbons (Fsp3) is 0.542. The van der Waals surface area contributed by atoms with Gasteiger partial charge in [-0.25, -0.2) is 4.98 Å². The van der Waals surface area contributed by atoms with Crippen molar-refractivity contribution >= 4 is 29.0 Å². The van der Waals surface area contributed by atoms with E-state index in [9.17, 15) is 0 Å². The van der Waals surface area contributed by atoms with Crippen molar-refractivity contribution in [2.24, 2.45) is 0 Å². The van der Waals surface area contributed by atoms with E-state index in [1.165, 1.54) is 11.1 Å². The van der Waals surface area contributed by atoms with Crippen molar-refractivity contribution < 1.29 is 9.47 Å². The van der Waals surface area contributed by atoms with Crippen molar-refractivity contribution in [3.63, 3.8) is 0 Å². The van der Waals surface area contributed by atoms with Gasteiger partial charge in [0.2, 0.25) is 5.95 Å². The van der Waals surface area contributed by atoms with Crippen LogP contribution in [-0.2, 0) is 21.8 Å². The Balaban J connectivity index is 1.29. The first-order valence-corrected chi connectivity index (χ1v) is 13.6. The fourth-order valence-electron chi connectivity index (χ4n) is 4.19. The highest BCUT2D eigenvalue weighted by Crippen LogP contribution is 2.31. The zero-order chi connectivity index (χ0) is 22.6. The van der Waals surface area contributed by atoms with E-state index >= 15 is 0 Å². The maximum Gasteiger partial charge on any atom is 0.228 e. The topological polar surface area (TPSA) is 65.3 Å². The number of aromatic nitrogens is 4. The number of rotatable bonds is 8. The van der Waals surface area contributed by atoms with E-state index in [-0.39, 0.29) is 6.10 Å². The van der Waals surface area contributed by atoms with Crippen LogP contribution in [0.5, 0.6) is 0 Å². The Kier molecular flexibility index (Phi) is 7.30. The minimum Gasteiger partial charge on any atom is -0.378 e. The van der Waals surface area contributed by atoms with Crippen LogP contribution in [0.25, 0.3) is 10.6 Å². The summed E-state index contributed by atoms with van der Waals surface area (Å²) in [5.41, 5.74) is 3.61. The van der Waals surface area contributed by atoms with Gasteiger partial charge in [0.15, 0.2) is 5.16 Å². The second-order valence-corrected chi connectivity index (χ2v) is 10.6. The summed E-state index contributed by atoms with van der Waals surface area (Å²) in [4.78, 5) is 7.16. The highest BCUT2D eigenvalue weighted by atomic mass is 32.2. The summed E-state index contributed by atoms with van der Waals surface area (Å²) in [6.07, 6.45) is 2.46. The number of thiazole rings is 1. The Hall–Kier alpha value is -1.94. The summed E-state index contributed by atoms with van der Waals surface area (Å²) in [5, 5.41) is 13.3. The molecule has 0 amide bonds. The van der Waals surface area contributed by atoms with E-state index < -0.39 is 0 Å². The first-order valence-electron chi connectivity index (χ1n) is 11.7. The molecule has 0 saturated carbocycles. The lowest BCUT2D eigenvalue weighted by atomic mass is 10.0. The molecule has 5 rings (SSSR count). The molecule has 176 valence electrons. The molecule has 0 aliphatic carbocycles. The largest absolute Gasteiger partial charge is 0.378 e. The highest BCUT2D eigenvalue weighted by molar-refractivity contribution is 7.98. The summed E-state index contributed by atoms with van der Waals surface area (Å²) >= 11 is 3.40. The molecule has 2 aromatic heterocycles. The minimum absolute atomic E-state index is 0.236. The Morgan fingerprint density at radius 1 is 1.12 bits per heavy atom. The molecular formula is C24H31N5O2S2. The summed E-state index contributed by atoms with van der Waals surface area (Å²) < 4.78 is 13.7. The van der Waals surface area contributed by atoms with Crippen LogP contribution < -0.4 is 4.90 Å². The molecule has 2 aliphatic rings. The van der Waals surface area contributed by atoms with Gasteiger partial charge in [0.25, 0.3) is 0 Å². The summed E-state index contributed by atoms with van der Waals surface area (Å²) in [7, 11) is 0. The van der Waals surface area contributed by atoms with Gasteiger partial charge < -0.3 is 14.4 Å². The van der Waals surface area contributed by atoms with Gasteiger partial charge in [0.1, 0.15) is 5.01 Å². The Labute approximate surface area is 203 Å². The Bertz CT molecular complexity index is 1040. The third kappa shape index (κ3) is 5.42. The fourth-order valence-corrected chi connectivity index (χ4v) is 5.96. The van der Waals surface area contributed by atoms with Crippen LogP contribution in [-0.4, -0.2) is 58.8 Å². The van der Waals surface area contributed by atoms with Gasteiger partial charge in [0.05, 0.1) is 31.6 Å². The lowest BCUT2D eigenvalue weighted by Crippen LogP contribution is -2.38. The number of morpholine rings is 1. The lowest BCUT2D eigenvalue weighted by Gasteiger charge is -2.28. The highest BCUT2D eigenvalue weighted by Gasteiger charge is 2.25. The molecule has 2 aliphatic heterocycles. The number of hydrogen-bond acceptors (Lipinski definition) is 8. The second kappa shape index (κ2) is 10.5. The molecule has 0 spiro atoms. The quantitative estimate of drug-likeness (QED) is 0.423. The molecule has 7 nitrogen and oxygen atoms in total. The monoisotopic (exact) mass is 485 g/mol. The molecule has 3 aromatic rings. The molecule has 9 heteroatoms. The predicted octanol–water partition coefficient (Wildman–Crippen LogP) is 4.83. The first-order chi connectivity index (χ1) is 16.2. The number of anilines is 1. The van der Waals surface area contributed by atoms with Gasteiger partial charge in [-0.05, 0) is 24.3 Å². The van der Waals surface area contributed by atoms with E-state index in [4.69, 9.17) is 14.5 Å². The van der Waals surface area contributed by atoms with Crippen LogP contribution in [0.4, 0.5) is 5.95 Å². The Morgan fingerprint density at radius 2 is 1.94 bits per heavy atom. The molecule has 0 bridgehead atoms. The van der Waals surface area contributed by atoms with Crippen LogP contribution in [0.3, 0.4) is 0 Å². The van der Waals surface area contributed by atoms with Gasteiger partial charge in [-0.15, -0.1) is 21.5 Å². The van der Waals surface area contributed by atoms with E-state index in [0.717, 1.165) is 79.9 Å². The number of ether oxygens (including phenoxy) is 2. The number of nitrogens with zero attached hydrogens (tertiary/aromatic N) is 5. The normalized spacial score (nSPS) is 19.0. The number of hydrogen-bond donors (Lipinski definition) is 0. The number of thioether (sulfide) groups is 1. The van der Waals surface area contributed by atoms with Gasteiger partial charge in [0, 0.05) is 36.4 Å². The summed E-state index contributed by atoms with van der Waals surface area (Å²) in [6, 6.07) is 8.77. The number of benzene rings is 1. The van der Waals surface area contributed by atoms with E-state index in [1.807, 2.05) is 0 Å². The average Bonchev–Trinajstić information content (AvgIpc) is 3.60. The van der Waals surface area contributed by atoms with Crippen molar-refractivity contribution in [1.82, 2.24) is 19.7 Å². The van der Waals surface area contributed by atoms with Crippen molar-refractivity contribution in [3.8, 4) is 10.6 Å². The molecule has 0 unspecified atom stereocenters. The second-order valence-electron chi connectivity index (χ2n) is 8.84. The SMILES string of the molecule is CC(C)c1ccc(-c2nc(CSc3nnc(N4CCOCC4)n3C[C@@H]3CCCO3)cs2)cc1. The molecule has 1 atom stereocenters. The summed E-state index contributed by atoms with van der Waals surface area (Å²) in [6.45, 7) is 9.24. The van der Waals surface area contributed by atoms with Crippen LogP contribution in [0.15, 0.2) is 34.8 Å². The molecular weight excluding hydrogens is 454 g/mol. The zero-order valence-corrected chi connectivity index (χ0v) is 20.9. The van der Waals surface area contributed by atoms with Crippen LogP contribution in [0.1, 0.15) is 43.9 Å². The molecule has 0 radical (unpaired) electrons. The standard InChI is InChI=1S/C24H31N5O2S2/c1-17(2)18-5-7-19(8-6-18)22-25-20(15-32-22)16-33-24-27-26-23(28-9-12-30-13-10-28)29(24)14-21-4-3-11-31-21/h5-8,15,17,21H,3-4,9-14,16H2,1-2H3/t21-/m0/s1. The zero-order valence-electron chi connectivity index (χ0n) is 19.3. The van der Waals surface area contributed by atoms with Crippen molar-refractivity contribution in [2.45, 2.75) is 56.2 Å². The van der Waals surface area contributed by atoms with Crippen LogP contribution in [0, 0.1) is 0 Å². The Morgan fingerprint density at radius 3 is 2.67 bits per heavy atom. The van der Waals surface area contributed by atoms with Crippen molar-refractivity contribution in [3.05, 3.63) is 40.9 Å².